The number of carbonyl (C=O) groups excluding carboxylic acids is 2. The van der Waals surface area contributed by atoms with E-state index in [-0.39, 0.29) is 11.8 Å². The number of esters is 1. The molecule has 17 heavy (non-hydrogen) atoms. The normalized spacial score (nSPS) is 19.8. The summed E-state index contributed by atoms with van der Waals surface area (Å²) < 4.78 is 4.60. The summed E-state index contributed by atoms with van der Waals surface area (Å²) >= 11 is 5.37. The number of thiazole rings is 1. The highest BCUT2D eigenvalue weighted by Gasteiger charge is 2.31. The van der Waals surface area contributed by atoms with Crippen molar-refractivity contribution in [3.05, 3.63) is 11.1 Å². The largest absolute Gasteiger partial charge is 0.465 e. The topological polar surface area (TPSA) is 59.5 Å². The first-order valence-corrected chi connectivity index (χ1v) is 6.56. The molecule has 2 rings (SSSR count). The van der Waals surface area contributed by atoms with Crippen molar-refractivity contribution >= 4 is 41.0 Å². The van der Waals surface area contributed by atoms with Gasteiger partial charge in [-0.05, 0) is 11.7 Å². The lowest BCUT2D eigenvalue weighted by molar-refractivity contribution is -0.117. The van der Waals surface area contributed by atoms with E-state index in [0.717, 1.165) is 0 Å². The highest BCUT2D eigenvalue weighted by molar-refractivity contribution is 7.80. The van der Waals surface area contributed by atoms with Crippen LogP contribution in [0.2, 0.25) is 0 Å². The molecular formula is C10H12N2O3S2. The van der Waals surface area contributed by atoms with Gasteiger partial charge in [0, 0.05) is 13.0 Å². The molecule has 1 aliphatic rings. The molecule has 0 N–H and O–H groups in total. The lowest BCUT2D eigenvalue weighted by atomic mass is 10.1. The van der Waals surface area contributed by atoms with E-state index in [1.807, 2.05) is 0 Å². The van der Waals surface area contributed by atoms with Gasteiger partial charge >= 0.3 is 5.97 Å². The monoisotopic (exact) mass is 272 g/mol. The van der Waals surface area contributed by atoms with Gasteiger partial charge in [-0.15, -0.1) is 0 Å². The standard InChI is InChI=1S/C10H12N2O3S2/c1-15-9(14)7-3-11-10(17-7)12-4-6(5-16)2-8(12)13/h3,6,16H,2,4-5H2,1H3. The van der Waals surface area contributed by atoms with E-state index in [2.05, 4.69) is 22.3 Å². The number of anilines is 1. The number of rotatable bonds is 3. The van der Waals surface area contributed by atoms with Gasteiger partial charge in [0.15, 0.2) is 5.13 Å². The summed E-state index contributed by atoms with van der Waals surface area (Å²) in [6.45, 7) is 0.621. The molecule has 1 fully saturated rings. The highest BCUT2D eigenvalue weighted by atomic mass is 32.1. The van der Waals surface area contributed by atoms with Crippen LogP contribution >= 0.6 is 24.0 Å². The van der Waals surface area contributed by atoms with E-state index in [4.69, 9.17) is 0 Å². The molecule has 1 aliphatic heterocycles. The zero-order valence-corrected chi connectivity index (χ0v) is 11.0. The third-order valence-electron chi connectivity index (χ3n) is 2.57. The maximum absolute atomic E-state index is 11.7. The summed E-state index contributed by atoms with van der Waals surface area (Å²) in [6.07, 6.45) is 1.93. The van der Waals surface area contributed by atoms with Gasteiger partial charge in [0.2, 0.25) is 5.91 Å². The van der Waals surface area contributed by atoms with Crippen molar-refractivity contribution in [2.24, 2.45) is 5.92 Å². The fourth-order valence-corrected chi connectivity index (χ4v) is 2.78. The van der Waals surface area contributed by atoms with Crippen molar-refractivity contribution in [2.75, 3.05) is 24.3 Å². The number of thiol groups is 1. The molecule has 1 amide bonds. The molecule has 2 heterocycles. The summed E-state index contributed by atoms with van der Waals surface area (Å²) in [5.74, 6) is 0.551. The van der Waals surface area contributed by atoms with Crippen LogP contribution in [-0.4, -0.2) is 36.3 Å². The van der Waals surface area contributed by atoms with Crippen molar-refractivity contribution in [2.45, 2.75) is 6.42 Å². The highest BCUT2D eigenvalue weighted by Crippen LogP contribution is 2.29. The third kappa shape index (κ3) is 2.44. The summed E-state index contributed by atoms with van der Waals surface area (Å²) in [5, 5.41) is 0.555. The minimum absolute atomic E-state index is 0.0369. The molecule has 7 heteroatoms. The zero-order valence-electron chi connectivity index (χ0n) is 9.25. The van der Waals surface area contributed by atoms with Crippen LogP contribution in [0.1, 0.15) is 16.1 Å². The van der Waals surface area contributed by atoms with Crippen LogP contribution in [0.15, 0.2) is 6.20 Å². The molecule has 5 nitrogen and oxygen atoms in total. The fraction of sp³-hybridized carbons (Fsp3) is 0.500. The molecule has 0 spiro atoms. The van der Waals surface area contributed by atoms with Crippen LogP contribution in [0.4, 0.5) is 5.13 Å². The summed E-state index contributed by atoms with van der Waals surface area (Å²) in [7, 11) is 1.32. The Labute approximate surface area is 108 Å². The fourth-order valence-electron chi connectivity index (χ4n) is 1.67. The van der Waals surface area contributed by atoms with Crippen LogP contribution in [0.3, 0.4) is 0 Å². The molecule has 0 radical (unpaired) electrons. The van der Waals surface area contributed by atoms with Crippen molar-refractivity contribution in [3.63, 3.8) is 0 Å². The van der Waals surface area contributed by atoms with Crippen LogP contribution in [0.25, 0.3) is 0 Å². The average Bonchev–Trinajstić information content (AvgIpc) is 2.94. The minimum atomic E-state index is -0.425. The van der Waals surface area contributed by atoms with Crippen LogP contribution in [-0.2, 0) is 9.53 Å². The Bertz CT molecular complexity index is 447. The smallest absolute Gasteiger partial charge is 0.349 e. The molecule has 0 bridgehead atoms. The van der Waals surface area contributed by atoms with Crippen molar-refractivity contribution in [3.8, 4) is 0 Å². The lowest BCUT2D eigenvalue weighted by Crippen LogP contribution is -2.24. The van der Waals surface area contributed by atoms with E-state index in [1.165, 1.54) is 24.6 Å². The number of amides is 1. The van der Waals surface area contributed by atoms with Gasteiger partial charge in [-0.1, -0.05) is 11.3 Å². The second kappa shape index (κ2) is 5.05. The molecule has 92 valence electrons. The van der Waals surface area contributed by atoms with E-state index >= 15 is 0 Å². The van der Waals surface area contributed by atoms with Crippen LogP contribution < -0.4 is 4.90 Å². The SMILES string of the molecule is COC(=O)c1cnc(N2CC(CS)CC2=O)s1. The van der Waals surface area contributed by atoms with E-state index < -0.39 is 5.97 Å². The molecule has 0 aliphatic carbocycles. The maximum atomic E-state index is 11.7. The predicted molar refractivity (Wildman–Crippen MR) is 67.8 cm³/mol. The van der Waals surface area contributed by atoms with Gasteiger partial charge in [0.05, 0.1) is 13.3 Å². The van der Waals surface area contributed by atoms with Gasteiger partial charge in [-0.2, -0.15) is 12.6 Å². The van der Waals surface area contributed by atoms with Gasteiger partial charge in [0.25, 0.3) is 0 Å². The Kier molecular flexibility index (Phi) is 3.68. The summed E-state index contributed by atoms with van der Waals surface area (Å²) in [5.41, 5.74) is 0. The first-order chi connectivity index (χ1) is 8.15. The van der Waals surface area contributed by atoms with Gasteiger partial charge in [0.1, 0.15) is 4.88 Å². The van der Waals surface area contributed by atoms with Gasteiger partial charge in [-0.3, -0.25) is 9.69 Å². The quantitative estimate of drug-likeness (QED) is 0.664. The van der Waals surface area contributed by atoms with Crippen LogP contribution in [0, 0.1) is 5.92 Å². The predicted octanol–water partition coefficient (Wildman–Crippen LogP) is 1.21. The number of ether oxygens (including phenoxy) is 1. The number of carbonyl (C=O) groups is 2. The van der Waals surface area contributed by atoms with Crippen molar-refractivity contribution in [1.29, 1.82) is 0 Å². The molecule has 0 aromatic carbocycles. The Hall–Kier alpha value is -1.08. The Morgan fingerprint density at radius 2 is 2.53 bits per heavy atom. The molecule has 1 aromatic heterocycles. The maximum Gasteiger partial charge on any atom is 0.349 e. The van der Waals surface area contributed by atoms with Gasteiger partial charge < -0.3 is 4.74 Å². The first-order valence-electron chi connectivity index (χ1n) is 5.11. The van der Waals surface area contributed by atoms with Crippen molar-refractivity contribution < 1.29 is 14.3 Å². The van der Waals surface area contributed by atoms with Crippen LogP contribution in [0.5, 0.6) is 0 Å². The second-order valence-corrected chi connectivity index (χ2v) is 5.13. The molecular weight excluding hydrogens is 260 g/mol. The van der Waals surface area contributed by atoms with E-state index in [1.54, 1.807) is 4.90 Å². The molecule has 1 unspecified atom stereocenters. The second-order valence-electron chi connectivity index (χ2n) is 3.76. The molecule has 1 atom stereocenters. The number of hydrogen-bond acceptors (Lipinski definition) is 6. The summed E-state index contributed by atoms with van der Waals surface area (Å²) in [4.78, 5) is 29.1. The van der Waals surface area contributed by atoms with Gasteiger partial charge in [-0.25, -0.2) is 9.78 Å². The number of methoxy groups -OCH3 is 1. The average molecular weight is 272 g/mol. The van der Waals surface area contributed by atoms with E-state index in [9.17, 15) is 9.59 Å². The van der Waals surface area contributed by atoms with Crippen molar-refractivity contribution in [1.82, 2.24) is 4.98 Å². The number of hydrogen-bond donors (Lipinski definition) is 1. The summed E-state index contributed by atoms with van der Waals surface area (Å²) in [6, 6.07) is 0. The molecule has 0 saturated carbocycles. The number of nitrogens with zero attached hydrogens (tertiary/aromatic N) is 2. The Morgan fingerprint density at radius 1 is 1.76 bits per heavy atom. The first kappa shape index (κ1) is 12.4. The Balaban J connectivity index is 2.15. The minimum Gasteiger partial charge on any atom is -0.465 e. The number of aromatic nitrogens is 1. The molecule has 1 aromatic rings. The molecule has 1 saturated heterocycles. The Morgan fingerprint density at radius 3 is 3.12 bits per heavy atom. The lowest BCUT2D eigenvalue weighted by Gasteiger charge is -2.11. The zero-order chi connectivity index (χ0) is 12.4. The third-order valence-corrected chi connectivity index (χ3v) is 4.09. The van der Waals surface area contributed by atoms with E-state index in [0.29, 0.717) is 28.7 Å².